The van der Waals surface area contributed by atoms with Gasteiger partial charge < -0.3 is 4.74 Å². The molecule has 3 aromatic rings. The minimum absolute atomic E-state index is 0.314. The van der Waals surface area contributed by atoms with Crippen LogP contribution in [0.15, 0.2) is 41.9 Å². The summed E-state index contributed by atoms with van der Waals surface area (Å²) >= 11 is 1.43. The van der Waals surface area contributed by atoms with Gasteiger partial charge in [0.25, 0.3) is 0 Å². The smallest absolute Gasteiger partial charge is 0.356 e. The van der Waals surface area contributed by atoms with Gasteiger partial charge >= 0.3 is 5.97 Å². The lowest BCUT2D eigenvalue weighted by atomic mass is 10.2. The van der Waals surface area contributed by atoms with Crippen LogP contribution < -0.4 is 0 Å². The fourth-order valence-corrected chi connectivity index (χ4v) is 2.73. The average molecular weight is 272 g/mol. The largest absolute Gasteiger partial charge is 0.461 e. The van der Waals surface area contributed by atoms with Crippen molar-refractivity contribution in [1.82, 2.24) is 9.38 Å². The van der Waals surface area contributed by atoms with Crippen LogP contribution in [-0.2, 0) is 4.74 Å². The van der Waals surface area contributed by atoms with Gasteiger partial charge in [-0.15, -0.1) is 11.3 Å². The van der Waals surface area contributed by atoms with Gasteiger partial charge in [0.15, 0.2) is 4.96 Å². The van der Waals surface area contributed by atoms with Crippen LogP contribution >= 0.6 is 11.3 Å². The molecule has 0 N–H and O–H groups in total. The van der Waals surface area contributed by atoms with E-state index in [1.165, 1.54) is 11.3 Å². The maximum Gasteiger partial charge on any atom is 0.356 e. The van der Waals surface area contributed by atoms with Gasteiger partial charge in [0.1, 0.15) is 5.69 Å². The Bertz CT molecular complexity index is 715. The van der Waals surface area contributed by atoms with Crippen LogP contribution in [0, 0.1) is 0 Å². The van der Waals surface area contributed by atoms with Gasteiger partial charge in [0.05, 0.1) is 12.3 Å². The van der Waals surface area contributed by atoms with E-state index in [0.29, 0.717) is 12.3 Å². The first-order valence-corrected chi connectivity index (χ1v) is 6.86. The quantitative estimate of drug-likeness (QED) is 0.687. The van der Waals surface area contributed by atoms with E-state index in [4.69, 9.17) is 4.74 Å². The van der Waals surface area contributed by atoms with E-state index < -0.39 is 0 Å². The maximum atomic E-state index is 11.8. The third kappa shape index (κ3) is 2.13. The molecule has 0 saturated carbocycles. The zero-order chi connectivity index (χ0) is 13.2. The highest BCUT2D eigenvalue weighted by molar-refractivity contribution is 7.15. The number of fused-ring (bicyclic) bond motifs is 1. The van der Waals surface area contributed by atoms with Gasteiger partial charge in [0.2, 0.25) is 0 Å². The highest BCUT2D eigenvalue weighted by Gasteiger charge is 2.15. The summed E-state index contributed by atoms with van der Waals surface area (Å²) in [6.45, 7) is 2.17. The number of carbonyl (C=O) groups is 1. The van der Waals surface area contributed by atoms with Crippen molar-refractivity contribution in [2.75, 3.05) is 6.61 Å². The predicted molar refractivity (Wildman–Crippen MR) is 74.5 cm³/mol. The zero-order valence-corrected chi connectivity index (χ0v) is 11.2. The second kappa shape index (κ2) is 4.85. The lowest BCUT2D eigenvalue weighted by molar-refractivity contribution is 0.0518. The summed E-state index contributed by atoms with van der Waals surface area (Å²) in [6, 6.07) is 9.89. The molecule has 0 spiro atoms. The fourth-order valence-electron chi connectivity index (χ4n) is 1.88. The molecule has 0 radical (unpaired) electrons. The van der Waals surface area contributed by atoms with Crippen LogP contribution in [0.2, 0.25) is 0 Å². The molecule has 4 nitrogen and oxygen atoms in total. The molecule has 1 aromatic carbocycles. The van der Waals surface area contributed by atoms with Crippen molar-refractivity contribution in [1.29, 1.82) is 0 Å². The maximum absolute atomic E-state index is 11.8. The Balaban J connectivity index is 2.05. The number of rotatable bonds is 3. The predicted octanol–water partition coefficient (Wildman–Crippen LogP) is 3.24. The van der Waals surface area contributed by atoms with Gasteiger partial charge in [-0.3, -0.25) is 4.40 Å². The van der Waals surface area contributed by atoms with Crippen molar-refractivity contribution in [3.63, 3.8) is 0 Å². The monoisotopic (exact) mass is 272 g/mol. The van der Waals surface area contributed by atoms with Crippen LogP contribution in [-0.4, -0.2) is 22.0 Å². The molecule has 0 aliphatic heterocycles. The Morgan fingerprint density at radius 3 is 2.89 bits per heavy atom. The molecule has 19 heavy (non-hydrogen) atoms. The van der Waals surface area contributed by atoms with E-state index in [1.807, 2.05) is 36.5 Å². The average Bonchev–Trinajstić information content (AvgIpc) is 2.99. The van der Waals surface area contributed by atoms with Crippen molar-refractivity contribution >= 4 is 22.3 Å². The van der Waals surface area contributed by atoms with Gasteiger partial charge in [-0.25, -0.2) is 9.78 Å². The number of hydrogen-bond donors (Lipinski definition) is 0. The lowest BCUT2D eigenvalue weighted by Crippen LogP contribution is -2.06. The molecule has 0 fully saturated rings. The van der Waals surface area contributed by atoms with Crippen LogP contribution in [0.3, 0.4) is 0 Å². The van der Waals surface area contributed by atoms with Crippen molar-refractivity contribution in [3.05, 3.63) is 47.6 Å². The Kier molecular flexibility index (Phi) is 3.05. The van der Waals surface area contributed by atoms with Crippen molar-refractivity contribution in [2.45, 2.75) is 6.92 Å². The van der Waals surface area contributed by atoms with Crippen molar-refractivity contribution < 1.29 is 9.53 Å². The number of thiazole rings is 1. The van der Waals surface area contributed by atoms with E-state index in [-0.39, 0.29) is 5.97 Å². The first kappa shape index (κ1) is 11.9. The molecular weight excluding hydrogens is 260 g/mol. The Morgan fingerprint density at radius 2 is 2.16 bits per heavy atom. The van der Waals surface area contributed by atoms with Crippen LogP contribution in [0.4, 0.5) is 0 Å². The number of carbonyl (C=O) groups excluding carboxylic acids is 1. The van der Waals surface area contributed by atoms with E-state index in [2.05, 4.69) is 4.98 Å². The number of imidazole rings is 1. The SMILES string of the molecule is CCOC(=O)c1csc2nc(-c3ccccc3)cn12. The summed E-state index contributed by atoms with van der Waals surface area (Å²) in [4.78, 5) is 17.1. The highest BCUT2D eigenvalue weighted by Crippen LogP contribution is 2.23. The Hall–Kier alpha value is -2.14. The molecule has 0 atom stereocenters. The van der Waals surface area contributed by atoms with Crippen molar-refractivity contribution in [3.8, 4) is 11.3 Å². The number of ether oxygens (including phenoxy) is 1. The second-order valence-electron chi connectivity index (χ2n) is 3.99. The van der Waals surface area contributed by atoms with Crippen molar-refractivity contribution in [2.24, 2.45) is 0 Å². The molecule has 96 valence electrons. The number of hydrogen-bond acceptors (Lipinski definition) is 4. The Labute approximate surface area is 114 Å². The number of aromatic nitrogens is 2. The third-order valence-corrected chi connectivity index (χ3v) is 3.60. The van der Waals surface area contributed by atoms with E-state index >= 15 is 0 Å². The molecular formula is C14H12N2O2S. The Morgan fingerprint density at radius 1 is 1.37 bits per heavy atom. The lowest BCUT2D eigenvalue weighted by Gasteiger charge is -1.99. The standard InChI is InChI=1S/C14H12N2O2S/c1-2-18-13(17)12-9-19-14-15-11(8-16(12)14)10-6-4-3-5-7-10/h3-9H,2H2,1H3. The summed E-state index contributed by atoms with van der Waals surface area (Å²) < 4.78 is 6.81. The molecule has 0 amide bonds. The van der Waals surface area contributed by atoms with Crippen LogP contribution in [0.1, 0.15) is 17.4 Å². The zero-order valence-electron chi connectivity index (χ0n) is 10.4. The van der Waals surface area contributed by atoms with Gasteiger partial charge in [0, 0.05) is 17.1 Å². The number of benzene rings is 1. The second-order valence-corrected chi connectivity index (χ2v) is 4.82. The summed E-state index contributed by atoms with van der Waals surface area (Å²) in [5, 5.41) is 1.77. The molecule has 0 unspecified atom stereocenters. The van der Waals surface area contributed by atoms with Gasteiger partial charge in [-0.2, -0.15) is 0 Å². The van der Waals surface area contributed by atoms with Crippen LogP contribution in [0.5, 0.6) is 0 Å². The molecule has 3 rings (SSSR count). The number of nitrogens with zero attached hydrogens (tertiary/aromatic N) is 2. The molecule has 0 aliphatic rings. The summed E-state index contributed by atoms with van der Waals surface area (Å²) in [7, 11) is 0. The normalized spacial score (nSPS) is 10.8. The minimum atomic E-state index is -0.314. The molecule has 2 aromatic heterocycles. The van der Waals surface area contributed by atoms with E-state index in [9.17, 15) is 4.79 Å². The molecule has 0 saturated heterocycles. The summed E-state index contributed by atoms with van der Waals surface area (Å²) in [5.41, 5.74) is 2.42. The topological polar surface area (TPSA) is 43.6 Å². The molecule has 5 heteroatoms. The van der Waals surface area contributed by atoms with E-state index in [0.717, 1.165) is 16.2 Å². The molecule has 2 heterocycles. The summed E-state index contributed by atoms with van der Waals surface area (Å²) in [6.07, 6.45) is 1.87. The number of esters is 1. The first-order chi connectivity index (χ1) is 9.29. The third-order valence-electron chi connectivity index (χ3n) is 2.76. The van der Waals surface area contributed by atoms with Gasteiger partial charge in [-0.1, -0.05) is 30.3 Å². The molecule has 0 aliphatic carbocycles. The minimum Gasteiger partial charge on any atom is -0.461 e. The highest BCUT2D eigenvalue weighted by atomic mass is 32.1. The van der Waals surface area contributed by atoms with E-state index in [1.54, 1.807) is 16.7 Å². The first-order valence-electron chi connectivity index (χ1n) is 5.98. The van der Waals surface area contributed by atoms with Crippen LogP contribution in [0.25, 0.3) is 16.2 Å². The molecule has 0 bridgehead atoms. The summed E-state index contributed by atoms with van der Waals surface area (Å²) in [5.74, 6) is -0.314. The fraction of sp³-hybridized carbons (Fsp3) is 0.143. The van der Waals surface area contributed by atoms with Gasteiger partial charge in [-0.05, 0) is 6.92 Å².